The summed E-state index contributed by atoms with van der Waals surface area (Å²) in [7, 11) is 0. The van der Waals surface area contributed by atoms with Gasteiger partial charge >= 0.3 is 12.1 Å². The highest BCUT2D eigenvalue weighted by atomic mass is 19.1. The largest absolute Gasteiger partial charge is 0.494 e. The molecule has 10 nitrogen and oxygen atoms in total. The molecular weight excluding hydrogens is 541 g/mol. The topological polar surface area (TPSA) is 110 Å². The first kappa shape index (κ1) is 31.6. The number of nitrogens with one attached hydrogen (secondary N) is 1. The van der Waals surface area contributed by atoms with E-state index in [1.807, 2.05) is 24.3 Å². The van der Waals surface area contributed by atoms with E-state index in [9.17, 15) is 14.0 Å². The second kappa shape index (κ2) is 14.2. The van der Waals surface area contributed by atoms with Crippen LogP contribution in [0.15, 0.2) is 28.8 Å². The molecule has 1 unspecified atom stereocenters. The minimum absolute atomic E-state index is 0.0506. The molecule has 1 aromatic heterocycles. The third kappa shape index (κ3) is 9.32. The van der Waals surface area contributed by atoms with Crippen LogP contribution in [0.3, 0.4) is 0 Å². The molecule has 0 spiro atoms. The van der Waals surface area contributed by atoms with Crippen molar-refractivity contribution in [3.05, 3.63) is 35.7 Å². The number of nitrogens with zero attached hydrogens (tertiary/aromatic N) is 4. The van der Waals surface area contributed by atoms with Crippen molar-refractivity contribution in [1.29, 1.82) is 0 Å². The third-order valence-electron chi connectivity index (χ3n) is 7.65. The van der Waals surface area contributed by atoms with Gasteiger partial charge in [-0.15, -0.1) is 0 Å². The molecule has 1 N–H and O–H groups in total. The number of carbonyl (C=O) groups excluding carboxylic acids is 2. The molecule has 3 heterocycles. The molecule has 232 valence electrons. The number of halogens is 1. The van der Waals surface area contributed by atoms with Crippen molar-refractivity contribution in [1.82, 2.24) is 20.4 Å². The van der Waals surface area contributed by atoms with Crippen molar-refractivity contribution >= 4 is 18.0 Å². The summed E-state index contributed by atoms with van der Waals surface area (Å²) in [6.45, 7) is 12.3. The summed E-state index contributed by atoms with van der Waals surface area (Å²) in [6, 6.07) is 7.33. The van der Waals surface area contributed by atoms with Gasteiger partial charge in [0.05, 0.1) is 13.2 Å². The fraction of sp³-hybridized carbons (Fsp3) is 0.677. The number of rotatable bonds is 11. The molecular formula is C31H46FN5O5. The van der Waals surface area contributed by atoms with Gasteiger partial charge in [-0.2, -0.15) is 4.98 Å². The quantitative estimate of drug-likeness (QED) is 0.354. The van der Waals surface area contributed by atoms with E-state index in [-0.39, 0.29) is 24.8 Å². The summed E-state index contributed by atoms with van der Waals surface area (Å²) in [4.78, 5) is 33.8. The maximum Gasteiger partial charge on any atom is 0.408 e. The number of piperidine rings is 1. The normalized spacial score (nSPS) is 18.8. The highest BCUT2D eigenvalue weighted by Gasteiger charge is 2.33. The second-order valence-electron chi connectivity index (χ2n) is 12.7. The standard InChI is InChI=1S/C31H46FN5O5/c1-21(2)27-34-29(42-35-27)36-15-12-22(13-16-36)7-6-18-40-25-10-8-23(9-11-25)19-26(33-30(39)41-31(3,4)5)28(38)37-17-14-24(32)20-37/h8-11,21-22,24,26H,6-7,12-20H2,1-5H3,(H,33,39)/t24?,26-/m0/s1. The molecule has 0 aliphatic carbocycles. The lowest BCUT2D eigenvalue weighted by molar-refractivity contribution is -0.132. The Bertz CT molecular complexity index is 1160. The molecule has 0 saturated carbocycles. The van der Waals surface area contributed by atoms with E-state index in [4.69, 9.17) is 14.0 Å². The number of ether oxygens (including phenoxy) is 2. The van der Waals surface area contributed by atoms with Crippen LogP contribution in [0.4, 0.5) is 15.2 Å². The number of hydrogen-bond donors (Lipinski definition) is 1. The van der Waals surface area contributed by atoms with E-state index >= 15 is 0 Å². The second-order valence-corrected chi connectivity index (χ2v) is 12.7. The van der Waals surface area contributed by atoms with Gasteiger partial charge in [0.2, 0.25) is 5.91 Å². The van der Waals surface area contributed by atoms with Crippen LogP contribution in [-0.2, 0) is 16.0 Å². The monoisotopic (exact) mass is 587 g/mol. The van der Waals surface area contributed by atoms with Gasteiger partial charge in [-0.25, -0.2) is 9.18 Å². The molecule has 11 heteroatoms. The number of amides is 2. The van der Waals surface area contributed by atoms with Crippen molar-refractivity contribution in [2.24, 2.45) is 5.92 Å². The number of hydrogen-bond acceptors (Lipinski definition) is 8. The Morgan fingerprint density at radius 2 is 1.83 bits per heavy atom. The van der Waals surface area contributed by atoms with Crippen LogP contribution in [0, 0.1) is 5.92 Å². The van der Waals surface area contributed by atoms with E-state index in [1.54, 1.807) is 20.8 Å². The summed E-state index contributed by atoms with van der Waals surface area (Å²) in [5, 5.41) is 6.77. The number of anilines is 1. The van der Waals surface area contributed by atoms with Crippen LogP contribution in [0.25, 0.3) is 0 Å². The van der Waals surface area contributed by atoms with E-state index in [0.717, 1.165) is 55.9 Å². The number of alkyl carbamates (subject to hydrolysis) is 1. The molecule has 2 aliphatic heterocycles. The van der Waals surface area contributed by atoms with Gasteiger partial charge in [-0.05, 0) is 76.5 Å². The minimum atomic E-state index is -1.03. The Hall–Kier alpha value is -3.37. The van der Waals surface area contributed by atoms with Gasteiger partial charge < -0.3 is 29.1 Å². The first-order chi connectivity index (χ1) is 20.0. The van der Waals surface area contributed by atoms with Crippen molar-refractivity contribution in [3.63, 3.8) is 0 Å². The van der Waals surface area contributed by atoms with Crippen LogP contribution in [0.2, 0.25) is 0 Å². The molecule has 42 heavy (non-hydrogen) atoms. The van der Waals surface area contributed by atoms with Crippen LogP contribution in [0.5, 0.6) is 5.75 Å². The lowest BCUT2D eigenvalue weighted by Gasteiger charge is -2.30. The maximum atomic E-state index is 13.8. The fourth-order valence-electron chi connectivity index (χ4n) is 5.31. The number of benzene rings is 1. The van der Waals surface area contributed by atoms with Crippen molar-refractivity contribution in [2.45, 2.75) is 96.9 Å². The molecule has 2 amide bonds. The predicted octanol–water partition coefficient (Wildman–Crippen LogP) is 5.27. The molecule has 2 saturated heterocycles. The van der Waals surface area contributed by atoms with Crippen molar-refractivity contribution in [2.75, 3.05) is 37.7 Å². The summed E-state index contributed by atoms with van der Waals surface area (Å²) in [5.74, 6) is 2.11. The minimum Gasteiger partial charge on any atom is -0.494 e. The van der Waals surface area contributed by atoms with Gasteiger partial charge in [0.25, 0.3) is 0 Å². The Kier molecular flexibility index (Phi) is 10.7. The lowest BCUT2D eigenvalue weighted by Crippen LogP contribution is -2.50. The van der Waals surface area contributed by atoms with Gasteiger partial charge in [-0.1, -0.05) is 31.1 Å². The highest BCUT2D eigenvalue weighted by molar-refractivity contribution is 5.86. The summed E-state index contributed by atoms with van der Waals surface area (Å²) in [6.07, 6.45) is 3.13. The van der Waals surface area contributed by atoms with Crippen molar-refractivity contribution < 1.29 is 28.0 Å². The van der Waals surface area contributed by atoms with E-state index < -0.39 is 23.9 Å². The van der Waals surface area contributed by atoms with Crippen LogP contribution >= 0.6 is 0 Å². The average molecular weight is 588 g/mol. The number of aromatic nitrogens is 2. The van der Waals surface area contributed by atoms with Crippen molar-refractivity contribution in [3.8, 4) is 5.75 Å². The highest BCUT2D eigenvalue weighted by Crippen LogP contribution is 2.26. The molecule has 2 atom stereocenters. The van der Waals surface area contributed by atoms with Gasteiger partial charge in [0.15, 0.2) is 5.82 Å². The lowest BCUT2D eigenvalue weighted by atomic mass is 9.92. The Morgan fingerprint density at radius 3 is 2.43 bits per heavy atom. The van der Waals surface area contributed by atoms with E-state index in [0.29, 0.717) is 31.5 Å². The van der Waals surface area contributed by atoms with E-state index in [1.165, 1.54) is 4.90 Å². The average Bonchev–Trinajstić information content (AvgIpc) is 3.60. The molecule has 2 aliphatic rings. The zero-order chi connectivity index (χ0) is 30.3. The molecule has 4 rings (SSSR count). The molecule has 2 aromatic rings. The Balaban J connectivity index is 1.21. The first-order valence-corrected chi connectivity index (χ1v) is 15.2. The smallest absolute Gasteiger partial charge is 0.408 e. The Labute approximate surface area is 248 Å². The van der Waals surface area contributed by atoms with Crippen LogP contribution in [-0.4, -0.2) is 77.6 Å². The zero-order valence-electron chi connectivity index (χ0n) is 25.6. The predicted molar refractivity (Wildman–Crippen MR) is 157 cm³/mol. The Morgan fingerprint density at radius 1 is 1.12 bits per heavy atom. The third-order valence-corrected chi connectivity index (χ3v) is 7.65. The van der Waals surface area contributed by atoms with Gasteiger partial charge in [-0.3, -0.25) is 4.79 Å². The maximum absolute atomic E-state index is 13.8. The molecule has 2 fully saturated rings. The molecule has 0 bridgehead atoms. The first-order valence-electron chi connectivity index (χ1n) is 15.2. The van der Waals surface area contributed by atoms with Crippen LogP contribution < -0.4 is 15.0 Å². The summed E-state index contributed by atoms with van der Waals surface area (Å²) < 4.78 is 30.5. The SMILES string of the molecule is CC(C)c1noc(N2CCC(CCCOc3ccc(C[C@H](NC(=O)OC(C)(C)C)C(=O)N4CCC(F)C4)cc3)CC2)n1. The zero-order valence-corrected chi connectivity index (χ0v) is 25.6. The fourth-order valence-corrected chi connectivity index (χ4v) is 5.31. The van der Waals surface area contributed by atoms with Crippen LogP contribution in [0.1, 0.15) is 84.0 Å². The summed E-state index contributed by atoms with van der Waals surface area (Å²) in [5.41, 5.74) is 0.166. The molecule has 0 radical (unpaired) electrons. The molecule has 1 aromatic carbocycles. The van der Waals surface area contributed by atoms with Gasteiger partial charge in [0, 0.05) is 32.0 Å². The number of likely N-dealkylation sites (tertiary alicyclic amines) is 1. The number of carbonyl (C=O) groups is 2. The number of alkyl halides is 1. The van der Waals surface area contributed by atoms with Gasteiger partial charge in [0.1, 0.15) is 23.6 Å². The van der Waals surface area contributed by atoms with E-state index in [2.05, 4.69) is 34.2 Å². The summed E-state index contributed by atoms with van der Waals surface area (Å²) >= 11 is 0.